The van der Waals surface area contributed by atoms with Crippen molar-refractivity contribution in [2.75, 3.05) is 65.9 Å². The van der Waals surface area contributed by atoms with Crippen LogP contribution >= 0.6 is 0 Å². The lowest BCUT2D eigenvalue weighted by molar-refractivity contribution is -0.145. The van der Waals surface area contributed by atoms with Gasteiger partial charge in [0, 0.05) is 77.0 Å². The number of nitrogens with two attached hydrogens (primary N) is 1. The zero-order valence-electron chi connectivity index (χ0n) is 40.8. The summed E-state index contributed by atoms with van der Waals surface area (Å²) in [6.45, 7) is 5.32. The van der Waals surface area contributed by atoms with E-state index in [9.17, 15) is 38.7 Å². The van der Waals surface area contributed by atoms with E-state index in [2.05, 4.69) is 20.6 Å². The summed E-state index contributed by atoms with van der Waals surface area (Å²) in [5, 5.41) is 23.8. The van der Waals surface area contributed by atoms with Crippen LogP contribution in [0.3, 0.4) is 0 Å². The number of nitrogens with one attached hydrogen (secondary N) is 3. The van der Waals surface area contributed by atoms with Gasteiger partial charge in [-0.15, -0.1) is 0 Å². The minimum atomic E-state index is -1.09. The van der Waals surface area contributed by atoms with Crippen LogP contribution in [0.1, 0.15) is 169 Å². The smallest absolute Gasteiger partial charge is 0.306 e. The zero-order chi connectivity index (χ0) is 49.4. The van der Waals surface area contributed by atoms with Crippen LogP contribution in [0.15, 0.2) is 12.5 Å². The van der Waals surface area contributed by atoms with Gasteiger partial charge < -0.3 is 50.5 Å². The second-order valence-corrected chi connectivity index (χ2v) is 18.1. The average molecular weight is 954 g/mol. The van der Waals surface area contributed by atoms with Crippen molar-refractivity contribution >= 4 is 41.1 Å². The Hall–Kier alpha value is -4.10. The number of rotatable bonds is 48. The first-order valence-corrected chi connectivity index (χ1v) is 24.8. The van der Waals surface area contributed by atoms with Crippen LogP contribution in [0.4, 0.5) is 0 Å². The van der Waals surface area contributed by atoms with Gasteiger partial charge in [0.1, 0.15) is 24.8 Å². The van der Waals surface area contributed by atoms with Crippen molar-refractivity contribution in [2.45, 2.75) is 174 Å². The lowest BCUT2D eigenvalue weighted by atomic mass is 9.77. The number of imidazole rings is 1. The van der Waals surface area contributed by atoms with Crippen molar-refractivity contribution in [1.29, 1.82) is 0 Å². The summed E-state index contributed by atoms with van der Waals surface area (Å²) in [5.41, 5.74) is 5.67. The molecule has 386 valence electrons. The Morgan fingerprint density at radius 2 is 1.16 bits per heavy atom. The number of unbranched alkanes of at least 4 members (excludes halogenated alkanes) is 14. The molecule has 1 rings (SSSR count). The van der Waals surface area contributed by atoms with Crippen molar-refractivity contribution in [1.82, 2.24) is 20.6 Å². The molecule has 1 aromatic heterocycles. The highest BCUT2D eigenvalue weighted by Crippen LogP contribution is 2.28. The fourth-order valence-electron chi connectivity index (χ4n) is 7.32. The number of aromatic nitrogens is 2. The number of aliphatic carboxylic acids is 2. The van der Waals surface area contributed by atoms with Gasteiger partial charge in [-0.2, -0.15) is 0 Å². The number of hydrogen-bond acceptors (Lipinski definition) is 13. The second kappa shape index (κ2) is 39.9. The maximum absolute atomic E-state index is 13.0. The third-order valence-corrected chi connectivity index (χ3v) is 11.5. The zero-order valence-corrected chi connectivity index (χ0v) is 40.8. The van der Waals surface area contributed by atoms with Gasteiger partial charge in [0.2, 0.25) is 11.8 Å². The van der Waals surface area contributed by atoms with Crippen LogP contribution in [0.5, 0.6) is 0 Å². The fraction of sp³-hybridized carbons (Fsp3) is 0.796. The number of H-pyrrole nitrogens is 1. The first-order valence-electron chi connectivity index (χ1n) is 24.8. The first-order chi connectivity index (χ1) is 32.2. The van der Waals surface area contributed by atoms with Gasteiger partial charge in [0.05, 0.1) is 51.3 Å². The number of ether oxygens (including phenoxy) is 4. The molecule has 0 saturated heterocycles. The molecule has 0 aliphatic rings. The molecule has 2 atom stereocenters. The fourth-order valence-corrected chi connectivity index (χ4v) is 7.32. The quantitative estimate of drug-likeness (QED) is 0.0390. The second-order valence-electron chi connectivity index (χ2n) is 18.1. The molecule has 1 aromatic rings. The molecule has 0 fully saturated rings. The third-order valence-electron chi connectivity index (χ3n) is 11.5. The first kappa shape index (κ1) is 60.9. The van der Waals surface area contributed by atoms with Gasteiger partial charge in [-0.3, -0.25) is 33.6 Å². The number of nitrogens with zero attached hydrogens (tertiary/aromatic N) is 1. The topological polar surface area (TPSA) is 276 Å². The Kier molecular flexibility index (Phi) is 36.2. The largest absolute Gasteiger partial charge is 0.481 e. The van der Waals surface area contributed by atoms with E-state index in [1.165, 1.54) is 64.1 Å². The molecule has 0 unspecified atom stereocenters. The third kappa shape index (κ3) is 35.7. The molecule has 18 nitrogen and oxygen atoms in total. The van der Waals surface area contributed by atoms with Crippen LogP contribution in [-0.2, 0) is 58.9 Å². The number of carbonyl (C=O) groups excluding carboxylic acids is 5. The number of amides is 2. The molecule has 0 aliphatic carbocycles. The SMILES string of the molecule is CC(C)(CC(=O)[C@@H](N)Cc1cnc[nH]1)C(=O)C[C@@H](CCCCNC(=O)COCCOCCNC(=O)COCCOCCCC(=O)CCCCCCCCCCCCCCCCC(=O)O)C(=O)O.[HH]. The highest BCUT2D eigenvalue weighted by molar-refractivity contribution is 5.94. The van der Waals surface area contributed by atoms with E-state index in [1.54, 1.807) is 20.0 Å². The monoisotopic (exact) mass is 954 g/mol. The van der Waals surface area contributed by atoms with Gasteiger partial charge >= 0.3 is 11.9 Å². The number of aromatic amines is 1. The molecule has 0 aromatic carbocycles. The van der Waals surface area contributed by atoms with E-state index < -0.39 is 29.3 Å². The van der Waals surface area contributed by atoms with Gasteiger partial charge in [0.25, 0.3) is 0 Å². The minimum Gasteiger partial charge on any atom is -0.481 e. The molecule has 0 bridgehead atoms. The molecular weight excluding hydrogens is 867 g/mol. The van der Waals surface area contributed by atoms with Gasteiger partial charge in [-0.05, 0) is 32.1 Å². The van der Waals surface area contributed by atoms with Crippen molar-refractivity contribution in [2.24, 2.45) is 17.1 Å². The van der Waals surface area contributed by atoms with E-state index in [-0.39, 0.29) is 109 Å². The molecule has 0 saturated carbocycles. The maximum atomic E-state index is 13.0. The Labute approximate surface area is 400 Å². The summed E-state index contributed by atoms with van der Waals surface area (Å²) < 4.78 is 21.6. The Morgan fingerprint density at radius 1 is 0.657 bits per heavy atom. The number of ketones is 3. The van der Waals surface area contributed by atoms with Crippen molar-refractivity contribution in [3.05, 3.63) is 18.2 Å². The van der Waals surface area contributed by atoms with E-state index in [1.807, 2.05) is 0 Å². The molecule has 0 radical (unpaired) electrons. The molecule has 0 spiro atoms. The standard InChI is InChI=1S/C49H85N5O13.H2/c1-49(2,34-43(56)42(50)33-40-35-51-38-54-40)44(57)32-39(48(62)63)20-17-18-24-52-45(58)36-67-31-29-65-27-25-53-46(59)37-66-30-28-64-26-19-22-41(55)21-15-13-11-9-7-5-3-4-6-8-10-12-14-16-23-47(60)61;/h35,38-39,42H,3-34,36-37,50H2,1-2H3,(H,51,54)(H,52,58)(H,53,59)(H,60,61)(H,62,63);1H/t39-,42+;/m1./s1. The minimum absolute atomic E-state index is 0. The molecule has 67 heavy (non-hydrogen) atoms. The van der Waals surface area contributed by atoms with Crippen LogP contribution in [-0.4, -0.2) is 133 Å². The van der Waals surface area contributed by atoms with E-state index in [4.69, 9.17) is 29.8 Å². The lowest BCUT2D eigenvalue weighted by Crippen LogP contribution is -2.38. The molecule has 18 heteroatoms. The van der Waals surface area contributed by atoms with Crippen LogP contribution < -0.4 is 16.4 Å². The van der Waals surface area contributed by atoms with Crippen molar-refractivity contribution in [3.63, 3.8) is 0 Å². The molecular formula is C49H87N5O13. The van der Waals surface area contributed by atoms with Crippen LogP contribution in [0.25, 0.3) is 0 Å². The Morgan fingerprint density at radius 3 is 1.70 bits per heavy atom. The maximum Gasteiger partial charge on any atom is 0.306 e. The van der Waals surface area contributed by atoms with Crippen LogP contribution in [0, 0.1) is 11.3 Å². The van der Waals surface area contributed by atoms with Crippen molar-refractivity contribution in [3.8, 4) is 0 Å². The normalized spacial score (nSPS) is 12.4. The number of carbonyl (C=O) groups is 7. The highest BCUT2D eigenvalue weighted by atomic mass is 16.5. The van der Waals surface area contributed by atoms with E-state index in [0.29, 0.717) is 57.6 Å². The molecule has 7 N–H and O–H groups in total. The summed E-state index contributed by atoms with van der Waals surface area (Å²) in [4.78, 5) is 91.2. The van der Waals surface area contributed by atoms with Crippen LogP contribution in [0.2, 0.25) is 0 Å². The predicted molar refractivity (Wildman–Crippen MR) is 255 cm³/mol. The summed E-state index contributed by atoms with van der Waals surface area (Å²) in [6, 6.07) is -0.808. The summed E-state index contributed by atoms with van der Waals surface area (Å²) in [5.74, 6) is -3.63. The van der Waals surface area contributed by atoms with E-state index in [0.717, 1.165) is 32.1 Å². The van der Waals surface area contributed by atoms with E-state index >= 15 is 0 Å². The highest BCUT2D eigenvalue weighted by Gasteiger charge is 2.35. The number of Topliss-reactive ketones (excluding diaryl/α,β-unsaturated/α-hetero) is 3. The average Bonchev–Trinajstić information content (AvgIpc) is 3.80. The number of hydrogen-bond donors (Lipinski definition) is 6. The van der Waals surface area contributed by atoms with Gasteiger partial charge in [0.15, 0.2) is 5.78 Å². The molecule has 2 amide bonds. The number of carboxylic acids is 2. The molecule has 0 aliphatic heterocycles. The van der Waals surface area contributed by atoms with Crippen molar-refractivity contribution < 1.29 is 64.1 Å². The Bertz CT molecular complexity index is 1520. The lowest BCUT2D eigenvalue weighted by Gasteiger charge is -2.25. The van der Waals surface area contributed by atoms with Gasteiger partial charge in [-0.25, -0.2) is 4.98 Å². The summed E-state index contributed by atoms with van der Waals surface area (Å²) >= 11 is 0. The summed E-state index contributed by atoms with van der Waals surface area (Å²) in [7, 11) is 0. The summed E-state index contributed by atoms with van der Waals surface area (Å²) in [6.07, 6.45) is 22.6. The number of carboxylic acid groups (broad SMARTS) is 2. The molecule has 1 heterocycles. The van der Waals surface area contributed by atoms with Gasteiger partial charge in [-0.1, -0.05) is 97.3 Å². The predicted octanol–water partition coefficient (Wildman–Crippen LogP) is 6.32. The Balaban J connectivity index is 0.0000449.